The lowest BCUT2D eigenvalue weighted by Gasteiger charge is -2.16. The van der Waals surface area contributed by atoms with Crippen molar-refractivity contribution in [2.75, 3.05) is 25.5 Å². The number of nitrogens with one attached hydrogen (secondary N) is 2. The number of hydrogen-bond donors (Lipinski definition) is 4. The average Bonchev–Trinajstić information content (AvgIpc) is 2.68. The second-order valence-corrected chi connectivity index (χ2v) is 6.26. The number of hydrogen-bond acceptors (Lipinski definition) is 8. The summed E-state index contributed by atoms with van der Waals surface area (Å²) in [7, 11) is 1.23. The van der Waals surface area contributed by atoms with Gasteiger partial charge in [0.15, 0.2) is 0 Å². The molecule has 0 aliphatic heterocycles. The molecule has 1 atom stereocenters. The number of methoxy groups -OCH3 is 1. The fraction of sp³-hybridized carbons (Fsp3) is 0.300. The van der Waals surface area contributed by atoms with Crippen LogP contribution in [0.4, 0.5) is 5.95 Å². The van der Waals surface area contributed by atoms with Crippen LogP contribution in [-0.2, 0) is 9.53 Å². The Balaban J connectivity index is 2.04. The number of amides is 1. The SMILES string of the molecule is COC(=O)[C@H](CN)NC(=O)c1c(C)nc(NC/C=C/c2cccc(O)c2)nc1C. The number of phenols is 1. The van der Waals surface area contributed by atoms with Gasteiger partial charge in [-0.15, -0.1) is 0 Å². The van der Waals surface area contributed by atoms with E-state index in [0.29, 0.717) is 23.9 Å². The quantitative estimate of drug-likeness (QED) is 0.485. The second kappa shape index (κ2) is 10.2. The van der Waals surface area contributed by atoms with Crippen LogP contribution in [0.2, 0.25) is 0 Å². The molecule has 1 aromatic heterocycles. The van der Waals surface area contributed by atoms with Gasteiger partial charge in [0.05, 0.1) is 24.1 Å². The van der Waals surface area contributed by atoms with E-state index >= 15 is 0 Å². The molecule has 0 fully saturated rings. The molecule has 2 rings (SSSR count). The lowest BCUT2D eigenvalue weighted by Crippen LogP contribution is -2.46. The van der Waals surface area contributed by atoms with E-state index < -0.39 is 17.9 Å². The van der Waals surface area contributed by atoms with E-state index in [-0.39, 0.29) is 17.9 Å². The van der Waals surface area contributed by atoms with Gasteiger partial charge in [-0.05, 0) is 31.5 Å². The zero-order valence-electron chi connectivity index (χ0n) is 16.6. The molecule has 0 spiro atoms. The van der Waals surface area contributed by atoms with E-state index in [9.17, 15) is 14.7 Å². The molecule has 1 aromatic carbocycles. The molecule has 0 radical (unpaired) electrons. The minimum absolute atomic E-state index is 0.0808. The van der Waals surface area contributed by atoms with Gasteiger partial charge in [0.1, 0.15) is 11.8 Å². The van der Waals surface area contributed by atoms with Crippen molar-refractivity contribution in [1.82, 2.24) is 15.3 Å². The minimum atomic E-state index is -0.938. The van der Waals surface area contributed by atoms with E-state index in [1.165, 1.54) is 7.11 Å². The van der Waals surface area contributed by atoms with Gasteiger partial charge >= 0.3 is 5.97 Å². The van der Waals surface area contributed by atoms with Gasteiger partial charge in [-0.25, -0.2) is 14.8 Å². The van der Waals surface area contributed by atoms with E-state index in [1.54, 1.807) is 32.0 Å². The highest BCUT2D eigenvalue weighted by atomic mass is 16.5. The number of carbonyl (C=O) groups excluding carboxylic acids is 2. The lowest BCUT2D eigenvalue weighted by molar-refractivity contribution is -0.142. The summed E-state index contributed by atoms with van der Waals surface area (Å²) in [6.07, 6.45) is 3.72. The summed E-state index contributed by atoms with van der Waals surface area (Å²) in [6.45, 7) is 3.75. The Labute approximate surface area is 169 Å². The van der Waals surface area contributed by atoms with Crippen molar-refractivity contribution in [3.63, 3.8) is 0 Å². The first-order chi connectivity index (χ1) is 13.8. The molecule has 154 valence electrons. The third kappa shape index (κ3) is 6.01. The van der Waals surface area contributed by atoms with Gasteiger partial charge < -0.3 is 26.2 Å². The lowest BCUT2D eigenvalue weighted by atomic mass is 10.1. The highest BCUT2D eigenvalue weighted by Crippen LogP contribution is 2.14. The number of nitrogens with two attached hydrogens (primary N) is 1. The number of anilines is 1. The van der Waals surface area contributed by atoms with E-state index in [4.69, 9.17) is 5.73 Å². The molecule has 1 amide bonds. The molecule has 0 aliphatic carbocycles. The standard InChI is InChI=1S/C20H25N5O4/c1-12-17(18(27)25-16(11-21)19(28)29-3)13(2)24-20(23-12)22-9-5-7-14-6-4-8-15(26)10-14/h4-8,10,16,26H,9,11,21H2,1-3H3,(H,25,27)(H,22,23,24)/b7-5+/t16-/m0/s1. The van der Waals surface area contributed by atoms with Crippen molar-refractivity contribution < 1.29 is 19.4 Å². The Bertz CT molecular complexity index is 890. The normalized spacial score (nSPS) is 11.9. The Kier molecular flexibility index (Phi) is 7.67. The number of carbonyl (C=O) groups is 2. The van der Waals surface area contributed by atoms with Crippen LogP contribution in [0.5, 0.6) is 5.75 Å². The van der Waals surface area contributed by atoms with Crippen LogP contribution in [0.25, 0.3) is 6.08 Å². The molecule has 9 nitrogen and oxygen atoms in total. The molecule has 0 aliphatic rings. The van der Waals surface area contributed by atoms with Gasteiger partial charge in [-0.2, -0.15) is 0 Å². The maximum absolute atomic E-state index is 12.5. The highest BCUT2D eigenvalue weighted by molar-refractivity contribution is 5.98. The number of phenolic OH excluding ortho intramolecular Hbond substituents is 1. The largest absolute Gasteiger partial charge is 0.508 e. The van der Waals surface area contributed by atoms with Crippen molar-refractivity contribution >= 4 is 23.9 Å². The van der Waals surface area contributed by atoms with Crippen molar-refractivity contribution in [3.8, 4) is 5.75 Å². The number of aryl methyl sites for hydroxylation is 2. The third-order valence-corrected chi connectivity index (χ3v) is 4.08. The average molecular weight is 399 g/mol. The summed E-state index contributed by atoms with van der Waals surface area (Å²) in [6, 6.07) is 5.95. The van der Waals surface area contributed by atoms with Crippen molar-refractivity contribution in [2.45, 2.75) is 19.9 Å². The van der Waals surface area contributed by atoms with E-state index in [1.807, 2.05) is 18.2 Å². The summed E-state index contributed by atoms with van der Waals surface area (Å²) in [5.41, 5.74) is 7.61. The van der Waals surface area contributed by atoms with Crippen LogP contribution < -0.4 is 16.4 Å². The Morgan fingerprint density at radius 3 is 2.55 bits per heavy atom. The van der Waals surface area contributed by atoms with Crippen molar-refractivity contribution in [1.29, 1.82) is 0 Å². The number of nitrogens with zero attached hydrogens (tertiary/aromatic N) is 2. The van der Waals surface area contributed by atoms with E-state index in [0.717, 1.165) is 5.56 Å². The summed E-state index contributed by atoms with van der Waals surface area (Å²) < 4.78 is 4.62. The summed E-state index contributed by atoms with van der Waals surface area (Å²) >= 11 is 0. The maximum atomic E-state index is 12.5. The van der Waals surface area contributed by atoms with Gasteiger partial charge in [0.2, 0.25) is 5.95 Å². The van der Waals surface area contributed by atoms with Crippen LogP contribution >= 0.6 is 0 Å². The Morgan fingerprint density at radius 2 is 1.97 bits per heavy atom. The molecule has 5 N–H and O–H groups in total. The van der Waals surface area contributed by atoms with Crippen LogP contribution in [0, 0.1) is 13.8 Å². The van der Waals surface area contributed by atoms with Gasteiger partial charge in [0.25, 0.3) is 5.91 Å². The Morgan fingerprint density at radius 1 is 1.28 bits per heavy atom. The summed E-state index contributed by atoms with van der Waals surface area (Å²) in [5, 5.41) is 15.1. The third-order valence-electron chi connectivity index (χ3n) is 4.08. The molecule has 9 heteroatoms. The minimum Gasteiger partial charge on any atom is -0.508 e. The monoisotopic (exact) mass is 399 g/mol. The fourth-order valence-corrected chi connectivity index (χ4v) is 2.68. The van der Waals surface area contributed by atoms with E-state index in [2.05, 4.69) is 25.3 Å². The molecule has 0 unspecified atom stereocenters. The van der Waals surface area contributed by atoms with Crippen LogP contribution in [0.15, 0.2) is 30.3 Å². The van der Waals surface area contributed by atoms with Gasteiger partial charge in [0, 0.05) is 13.1 Å². The highest BCUT2D eigenvalue weighted by Gasteiger charge is 2.23. The van der Waals surface area contributed by atoms with Crippen LogP contribution in [-0.4, -0.2) is 53.2 Å². The molecule has 0 saturated heterocycles. The van der Waals surface area contributed by atoms with Crippen molar-refractivity contribution in [3.05, 3.63) is 52.9 Å². The van der Waals surface area contributed by atoms with Gasteiger partial charge in [-0.1, -0.05) is 24.3 Å². The van der Waals surface area contributed by atoms with Crippen molar-refractivity contribution in [2.24, 2.45) is 5.73 Å². The summed E-state index contributed by atoms with van der Waals surface area (Å²) in [5.74, 6) is -0.529. The molecule has 2 aromatic rings. The number of aromatic nitrogens is 2. The number of aromatic hydroxyl groups is 1. The summed E-state index contributed by atoms with van der Waals surface area (Å²) in [4.78, 5) is 32.8. The zero-order valence-corrected chi connectivity index (χ0v) is 16.6. The Hall–Kier alpha value is -3.46. The van der Waals surface area contributed by atoms with Gasteiger partial charge in [-0.3, -0.25) is 4.79 Å². The van der Waals surface area contributed by atoms with Crippen LogP contribution in [0.3, 0.4) is 0 Å². The number of rotatable bonds is 8. The molecule has 0 saturated carbocycles. The second-order valence-electron chi connectivity index (χ2n) is 6.26. The number of benzene rings is 1. The molecule has 29 heavy (non-hydrogen) atoms. The van der Waals surface area contributed by atoms with Crippen LogP contribution in [0.1, 0.15) is 27.3 Å². The zero-order chi connectivity index (χ0) is 21.4. The number of esters is 1. The predicted molar refractivity (Wildman–Crippen MR) is 109 cm³/mol. The first-order valence-corrected chi connectivity index (χ1v) is 8.99. The first kappa shape index (κ1) is 21.8. The first-order valence-electron chi connectivity index (χ1n) is 8.99. The number of ether oxygens (including phenoxy) is 1. The maximum Gasteiger partial charge on any atom is 0.329 e. The molecule has 0 bridgehead atoms. The molecular formula is C20H25N5O4. The molecule has 1 heterocycles. The predicted octanol–water partition coefficient (Wildman–Crippen LogP) is 1.15. The topological polar surface area (TPSA) is 139 Å². The fourth-order valence-electron chi connectivity index (χ4n) is 2.68. The smallest absolute Gasteiger partial charge is 0.329 e. The molecular weight excluding hydrogens is 374 g/mol.